The lowest BCUT2D eigenvalue weighted by Gasteiger charge is -2.09. The zero-order chi connectivity index (χ0) is 15.3. The minimum absolute atomic E-state index is 0.104. The van der Waals surface area contributed by atoms with Gasteiger partial charge in [-0.2, -0.15) is 8.42 Å². The van der Waals surface area contributed by atoms with Gasteiger partial charge in [-0.15, -0.1) is 0 Å². The highest BCUT2D eigenvalue weighted by Crippen LogP contribution is 2.37. The summed E-state index contributed by atoms with van der Waals surface area (Å²) >= 11 is 0. The summed E-state index contributed by atoms with van der Waals surface area (Å²) in [7, 11) is -2.19. The van der Waals surface area contributed by atoms with Crippen molar-refractivity contribution in [2.24, 2.45) is 0 Å². The first-order valence-electron chi connectivity index (χ1n) is 5.10. The molecule has 0 aliphatic carbocycles. The molecule has 1 rings (SSSR count). The topological polar surface area (TPSA) is 119 Å². The molecule has 0 unspecified atom stereocenters. The minimum atomic E-state index is -4.85. The lowest BCUT2D eigenvalue weighted by molar-refractivity contribution is -0.128. The minimum Gasteiger partial charge on any atom is -0.502 e. The van der Waals surface area contributed by atoms with E-state index >= 15 is 0 Å². The molecule has 0 saturated carbocycles. The third-order valence-corrected chi connectivity index (χ3v) is 2.48. The average Bonchev–Trinajstić information content (AvgIpc) is 2.35. The summed E-state index contributed by atoms with van der Waals surface area (Å²) in [5, 5.41) is 9.67. The Bertz CT molecular complexity index is 607. The van der Waals surface area contributed by atoms with Gasteiger partial charge in [0, 0.05) is 6.08 Å². The summed E-state index contributed by atoms with van der Waals surface area (Å²) in [4.78, 5) is 11.0. The molecule has 0 saturated heterocycles. The quantitative estimate of drug-likeness (QED) is 0.604. The molecular formula is C11H12O8S. The molecule has 1 aromatic rings. The Morgan fingerprint density at radius 2 is 1.70 bits per heavy atom. The number of carbonyl (C=O) groups is 1. The van der Waals surface area contributed by atoms with Crippen LogP contribution in [-0.4, -0.2) is 38.3 Å². The molecule has 0 bridgehead atoms. The van der Waals surface area contributed by atoms with E-state index in [1.165, 1.54) is 32.4 Å². The van der Waals surface area contributed by atoms with E-state index < -0.39 is 16.4 Å². The Morgan fingerprint density at radius 1 is 1.20 bits per heavy atom. The molecule has 0 aromatic heterocycles. The molecule has 0 aliphatic rings. The Kier molecular flexibility index (Phi) is 4.94. The van der Waals surface area contributed by atoms with Crippen LogP contribution in [-0.2, 0) is 19.4 Å². The van der Waals surface area contributed by atoms with Crippen molar-refractivity contribution in [2.75, 3.05) is 14.2 Å². The van der Waals surface area contributed by atoms with E-state index in [1.807, 2.05) is 0 Å². The van der Waals surface area contributed by atoms with Gasteiger partial charge in [0.15, 0.2) is 11.5 Å². The molecule has 8 nitrogen and oxygen atoms in total. The van der Waals surface area contributed by atoms with Gasteiger partial charge in [-0.3, -0.25) is 4.55 Å². The van der Waals surface area contributed by atoms with Crippen LogP contribution in [0.1, 0.15) is 5.56 Å². The predicted octanol–water partition coefficient (Wildman–Crippen LogP) is 0.769. The number of hydrogen-bond acceptors (Lipinski definition) is 7. The van der Waals surface area contributed by atoms with Crippen molar-refractivity contribution in [1.29, 1.82) is 0 Å². The van der Waals surface area contributed by atoms with Gasteiger partial charge in [0.2, 0.25) is 5.75 Å². The van der Waals surface area contributed by atoms with Gasteiger partial charge in [-0.05, 0) is 23.8 Å². The zero-order valence-electron chi connectivity index (χ0n) is 10.6. The number of methoxy groups -OCH3 is 2. The maximum Gasteiger partial charge on any atom is 0.449 e. The number of carbonyl (C=O) groups excluding carboxylic acids is 1. The fourth-order valence-corrected chi connectivity index (χ4v) is 1.57. The van der Waals surface area contributed by atoms with E-state index in [0.717, 1.165) is 6.08 Å². The van der Waals surface area contributed by atoms with Crippen molar-refractivity contribution in [3.63, 3.8) is 0 Å². The Balaban J connectivity index is 3.01. The van der Waals surface area contributed by atoms with Gasteiger partial charge in [-0.25, -0.2) is 4.79 Å². The number of rotatable bonds is 5. The smallest absolute Gasteiger partial charge is 0.449 e. The molecule has 0 amide bonds. The Hall–Kier alpha value is -2.26. The van der Waals surface area contributed by atoms with Gasteiger partial charge < -0.3 is 18.8 Å². The predicted molar refractivity (Wildman–Crippen MR) is 67.9 cm³/mol. The summed E-state index contributed by atoms with van der Waals surface area (Å²) in [6.07, 6.45) is 1.97. The molecular weight excluding hydrogens is 292 g/mol. The molecule has 0 fully saturated rings. The third kappa shape index (κ3) is 4.44. The third-order valence-electron chi connectivity index (χ3n) is 2.10. The van der Waals surface area contributed by atoms with Crippen molar-refractivity contribution in [3.05, 3.63) is 23.8 Å². The average molecular weight is 304 g/mol. The molecule has 9 heteroatoms. The number of phenols is 1. The zero-order valence-corrected chi connectivity index (χ0v) is 11.4. The van der Waals surface area contributed by atoms with E-state index in [-0.39, 0.29) is 17.2 Å². The molecule has 20 heavy (non-hydrogen) atoms. The van der Waals surface area contributed by atoms with Crippen molar-refractivity contribution < 1.29 is 36.5 Å². The lowest BCUT2D eigenvalue weighted by Crippen LogP contribution is -2.08. The second-order valence-corrected chi connectivity index (χ2v) is 4.46. The van der Waals surface area contributed by atoms with E-state index in [0.29, 0.717) is 5.56 Å². The van der Waals surface area contributed by atoms with Crippen LogP contribution in [0.25, 0.3) is 6.08 Å². The summed E-state index contributed by atoms with van der Waals surface area (Å²) in [5.74, 6) is -1.29. The van der Waals surface area contributed by atoms with Gasteiger partial charge in [0.1, 0.15) is 0 Å². The van der Waals surface area contributed by atoms with E-state index in [4.69, 9.17) is 14.0 Å². The van der Waals surface area contributed by atoms with Gasteiger partial charge >= 0.3 is 16.4 Å². The second kappa shape index (κ2) is 6.26. The highest BCUT2D eigenvalue weighted by atomic mass is 32.3. The highest BCUT2D eigenvalue weighted by molar-refractivity contribution is 7.81. The normalized spacial score (nSPS) is 11.3. The second-order valence-electron chi connectivity index (χ2n) is 3.44. The van der Waals surface area contributed by atoms with Gasteiger partial charge in [0.25, 0.3) is 0 Å². The first-order chi connectivity index (χ1) is 9.26. The fourth-order valence-electron chi connectivity index (χ4n) is 1.31. The molecule has 1 aromatic carbocycles. The van der Waals surface area contributed by atoms with E-state index in [1.54, 1.807) is 0 Å². The maximum absolute atomic E-state index is 11.0. The molecule has 0 spiro atoms. The molecule has 0 radical (unpaired) electrons. The van der Waals surface area contributed by atoms with Crippen LogP contribution < -0.4 is 9.47 Å². The molecule has 2 N–H and O–H groups in total. The summed E-state index contributed by atoms with van der Waals surface area (Å²) < 4.78 is 42.4. The van der Waals surface area contributed by atoms with Crippen molar-refractivity contribution in [3.8, 4) is 17.2 Å². The van der Waals surface area contributed by atoms with E-state index in [9.17, 15) is 18.3 Å². The monoisotopic (exact) mass is 304 g/mol. The fraction of sp³-hybridized carbons (Fsp3) is 0.182. The van der Waals surface area contributed by atoms with Crippen LogP contribution in [0.4, 0.5) is 0 Å². The van der Waals surface area contributed by atoms with Crippen molar-refractivity contribution in [2.45, 2.75) is 0 Å². The molecule has 0 aliphatic heterocycles. The molecule has 0 atom stereocenters. The largest absolute Gasteiger partial charge is 0.502 e. The van der Waals surface area contributed by atoms with E-state index in [2.05, 4.69) is 4.18 Å². The van der Waals surface area contributed by atoms with Crippen molar-refractivity contribution in [1.82, 2.24) is 0 Å². The summed E-state index contributed by atoms with van der Waals surface area (Å²) in [6.45, 7) is 0. The SMILES string of the molecule is COc1cc(C=CC(=O)OS(=O)(=O)O)cc(OC)c1O. The Labute approximate surface area is 115 Å². The maximum atomic E-state index is 11.0. The van der Waals surface area contributed by atoms with Gasteiger partial charge in [-0.1, -0.05) is 0 Å². The molecule has 110 valence electrons. The standard InChI is InChI=1S/C11H12O8S/c1-17-8-5-7(6-9(18-2)11(8)13)3-4-10(12)19-20(14,15)16/h3-6,13H,1-2H3,(H,14,15,16). The first kappa shape index (κ1) is 15.8. The van der Waals surface area contributed by atoms with Crippen LogP contribution in [0.2, 0.25) is 0 Å². The number of aromatic hydroxyl groups is 1. The van der Waals surface area contributed by atoms with Crippen LogP contribution in [0.15, 0.2) is 18.2 Å². The van der Waals surface area contributed by atoms with Gasteiger partial charge in [0.05, 0.1) is 14.2 Å². The van der Waals surface area contributed by atoms with Crippen molar-refractivity contribution >= 4 is 22.4 Å². The summed E-state index contributed by atoms with van der Waals surface area (Å²) in [5.41, 5.74) is 0.379. The van der Waals surface area contributed by atoms with Crippen LogP contribution in [0.5, 0.6) is 17.2 Å². The lowest BCUT2D eigenvalue weighted by atomic mass is 10.1. The number of ether oxygens (including phenoxy) is 2. The number of benzene rings is 1. The summed E-state index contributed by atoms with van der Waals surface area (Å²) in [6, 6.07) is 2.77. The number of phenolic OH excluding ortho intramolecular Hbond substituents is 1. The number of hydrogen-bond donors (Lipinski definition) is 2. The Morgan fingerprint density at radius 3 is 2.10 bits per heavy atom. The highest BCUT2D eigenvalue weighted by Gasteiger charge is 2.12. The van der Waals surface area contributed by atoms with Crippen LogP contribution in [0.3, 0.4) is 0 Å². The molecule has 0 heterocycles. The van der Waals surface area contributed by atoms with Crippen LogP contribution in [0, 0.1) is 0 Å². The van der Waals surface area contributed by atoms with Crippen LogP contribution >= 0.6 is 0 Å². The first-order valence-corrected chi connectivity index (χ1v) is 6.47.